The normalized spacial score (nSPS) is 18.9. The van der Waals surface area contributed by atoms with Gasteiger partial charge in [-0.1, -0.05) is 72.8 Å². The van der Waals surface area contributed by atoms with E-state index in [1.165, 1.54) is 11.1 Å². The van der Waals surface area contributed by atoms with Gasteiger partial charge in [0.05, 0.1) is 11.0 Å². The van der Waals surface area contributed by atoms with Gasteiger partial charge in [-0.25, -0.2) is 9.98 Å². The summed E-state index contributed by atoms with van der Waals surface area (Å²) in [5, 5.41) is 2.15. The quantitative estimate of drug-likeness (QED) is 0.339. The first-order valence-electron chi connectivity index (χ1n) is 10.9. The fourth-order valence-corrected chi connectivity index (χ4v) is 5.02. The van der Waals surface area contributed by atoms with Gasteiger partial charge in [0.15, 0.2) is 0 Å². The van der Waals surface area contributed by atoms with E-state index < -0.39 is 0 Å². The van der Waals surface area contributed by atoms with Crippen LogP contribution in [0.3, 0.4) is 0 Å². The number of aliphatic imine (C=N–C) groups is 1. The van der Waals surface area contributed by atoms with Crippen molar-refractivity contribution < 1.29 is 4.74 Å². The molecule has 0 saturated carbocycles. The SMILES string of the molecule is c1ccc(-c2cc(C3=N[C@H]4c5ccccc5C[C@H]4O3)nc3c2ccc2cccnc23)cc1. The largest absolute Gasteiger partial charge is 0.470 e. The van der Waals surface area contributed by atoms with Crippen LogP contribution in [0.1, 0.15) is 22.9 Å². The van der Waals surface area contributed by atoms with E-state index in [1.807, 2.05) is 18.3 Å². The van der Waals surface area contributed by atoms with E-state index >= 15 is 0 Å². The van der Waals surface area contributed by atoms with E-state index in [4.69, 9.17) is 14.7 Å². The van der Waals surface area contributed by atoms with E-state index in [2.05, 4.69) is 77.8 Å². The monoisotopic (exact) mass is 413 g/mol. The molecule has 2 aliphatic rings. The molecule has 0 fully saturated rings. The van der Waals surface area contributed by atoms with Gasteiger partial charge >= 0.3 is 0 Å². The highest BCUT2D eigenvalue weighted by molar-refractivity contribution is 6.10. The summed E-state index contributed by atoms with van der Waals surface area (Å²) in [6, 6.07) is 29.3. The minimum absolute atomic E-state index is 0.0458. The molecule has 1 aliphatic heterocycles. The van der Waals surface area contributed by atoms with Gasteiger partial charge in [0.2, 0.25) is 5.90 Å². The minimum Gasteiger partial charge on any atom is -0.470 e. The molecular formula is C28H19N3O. The lowest BCUT2D eigenvalue weighted by Crippen LogP contribution is -2.14. The summed E-state index contributed by atoms with van der Waals surface area (Å²) >= 11 is 0. The number of aromatic nitrogens is 2. The van der Waals surface area contributed by atoms with Crippen LogP contribution in [0.5, 0.6) is 0 Å². The molecule has 0 spiro atoms. The number of pyridine rings is 2. The second-order valence-electron chi connectivity index (χ2n) is 8.40. The molecule has 7 rings (SSSR count). The van der Waals surface area contributed by atoms with Crippen molar-refractivity contribution in [2.45, 2.75) is 18.6 Å². The third-order valence-electron chi connectivity index (χ3n) is 6.52. The van der Waals surface area contributed by atoms with Crippen molar-refractivity contribution >= 4 is 27.7 Å². The summed E-state index contributed by atoms with van der Waals surface area (Å²) in [6.07, 6.45) is 2.76. The smallest absolute Gasteiger partial charge is 0.236 e. The van der Waals surface area contributed by atoms with Crippen LogP contribution >= 0.6 is 0 Å². The molecule has 32 heavy (non-hydrogen) atoms. The Morgan fingerprint density at radius 3 is 2.62 bits per heavy atom. The Bertz CT molecular complexity index is 1540. The van der Waals surface area contributed by atoms with Crippen molar-refractivity contribution in [3.05, 3.63) is 108 Å². The van der Waals surface area contributed by atoms with E-state index in [1.54, 1.807) is 0 Å². The van der Waals surface area contributed by atoms with Crippen LogP contribution in [-0.4, -0.2) is 22.0 Å². The molecular weight excluding hydrogens is 394 g/mol. The molecule has 1 aliphatic carbocycles. The zero-order valence-electron chi connectivity index (χ0n) is 17.3. The summed E-state index contributed by atoms with van der Waals surface area (Å²) in [5.41, 5.74) is 7.39. The first kappa shape index (κ1) is 17.6. The maximum Gasteiger partial charge on any atom is 0.236 e. The summed E-state index contributed by atoms with van der Waals surface area (Å²) in [7, 11) is 0. The van der Waals surface area contributed by atoms with Crippen LogP contribution in [0.2, 0.25) is 0 Å². The van der Waals surface area contributed by atoms with Crippen LogP contribution < -0.4 is 0 Å². The Morgan fingerprint density at radius 1 is 0.812 bits per heavy atom. The van der Waals surface area contributed by atoms with Gasteiger partial charge in [0.25, 0.3) is 0 Å². The minimum atomic E-state index is 0.0458. The van der Waals surface area contributed by atoms with Crippen LogP contribution in [0.25, 0.3) is 32.9 Å². The van der Waals surface area contributed by atoms with Crippen molar-refractivity contribution in [1.82, 2.24) is 9.97 Å². The molecule has 0 amide bonds. The average molecular weight is 413 g/mol. The van der Waals surface area contributed by atoms with Gasteiger partial charge in [0, 0.05) is 23.4 Å². The Labute approximate surface area is 185 Å². The summed E-state index contributed by atoms with van der Waals surface area (Å²) < 4.78 is 6.37. The zero-order valence-corrected chi connectivity index (χ0v) is 17.3. The maximum absolute atomic E-state index is 6.37. The first-order chi connectivity index (χ1) is 15.8. The summed E-state index contributed by atoms with van der Waals surface area (Å²) in [4.78, 5) is 14.7. The second-order valence-corrected chi connectivity index (χ2v) is 8.40. The van der Waals surface area contributed by atoms with E-state index in [-0.39, 0.29) is 12.1 Å². The number of nitrogens with zero attached hydrogens (tertiary/aromatic N) is 3. The molecule has 0 saturated heterocycles. The van der Waals surface area contributed by atoms with Crippen LogP contribution in [0, 0.1) is 0 Å². The molecule has 152 valence electrons. The maximum atomic E-state index is 6.37. The van der Waals surface area contributed by atoms with Gasteiger partial charge in [-0.15, -0.1) is 0 Å². The molecule has 2 atom stereocenters. The lowest BCUT2D eigenvalue weighted by atomic mass is 9.98. The van der Waals surface area contributed by atoms with Gasteiger partial charge in [-0.05, 0) is 34.4 Å². The van der Waals surface area contributed by atoms with Crippen LogP contribution in [0.4, 0.5) is 0 Å². The number of rotatable bonds is 2. The van der Waals surface area contributed by atoms with Gasteiger partial charge in [-0.2, -0.15) is 0 Å². The lowest BCUT2D eigenvalue weighted by Gasteiger charge is -2.13. The Morgan fingerprint density at radius 2 is 1.69 bits per heavy atom. The Balaban J connectivity index is 1.46. The standard InChI is InChI=1S/C28H19N3O/c1-2-7-17(8-3-1)22-16-23(30-27-21(22)13-12-18-10-6-14-29-25(18)27)28-31-26-20-11-5-4-9-19(20)15-24(26)32-28/h1-14,16,24,26H,15H2/t24-,26+/m1/s1. The van der Waals surface area contributed by atoms with Crippen molar-refractivity contribution in [1.29, 1.82) is 0 Å². The Hall–Kier alpha value is -4.05. The topological polar surface area (TPSA) is 47.4 Å². The van der Waals surface area contributed by atoms with Crippen molar-refractivity contribution in [3.8, 4) is 11.1 Å². The highest BCUT2D eigenvalue weighted by Crippen LogP contribution is 2.41. The number of ether oxygens (including phenoxy) is 1. The average Bonchev–Trinajstić information content (AvgIpc) is 3.42. The highest BCUT2D eigenvalue weighted by atomic mass is 16.5. The Kier molecular flexibility index (Phi) is 3.70. The van der Waals surface area contributed by atoms with Crippen molar-refractivity contribution in [2.24, 2.45) is 4.99 Å². The summed E-state index contributed by atoms with van der Waals surface area (Å²) in [5.74, 6) is 0.626. The summed E-state index contributed by atoms with van der Waals surface area (Å²) in [6.45, 7) is 0. The zero-order chi connectivity index (χ0) is 21.1. The number of hydrogen-bond acceptors (Lipinski definition) is 4. The molecule has 0 bridgehead atoms. The van der Waals surface area contributed by atoms with Crippen LogP contribution in [0.15, 0.2) is 96.1 Å². The third-order valence-corrected chi connectivity index (χ3v) is 6.52. The van der Waals surface area contributed by atoms with E-state index in [0.717, 1.165) is 45.0 Å². The van der Waals surface area contributed by atoms with Crippen molar-refractivity contribution in [2.75, 3.05) is 0 Å². The van der Waals surface area contributed by atoms with E-state index in [0.29, 0.717) is 5.90 Å². The van der Waals surface area contributed by atoms with Gasteiger partial charge in [0.1, 0.15) is 17.8 Å². The second kappa shape index (κ2) is 6.72. The fraction of sp³-hybridized carbons (Fsp3) is 0.107. The fourth-order valence-electron chi connectivity index (χ4n) is 5.02. The molecule has 0 radical (unpaired) electrons. The predicted molar refractivity (Wildman–Crippen MR) is 127 cm³/mol. The molecule has 4 nitrogen and oxygen atoms in total. The number of hydrogen-bond donors (Lipinski definition) is 0. The van der Waals surface area contributed by atoms with Crippen molar-refractivity contribution in [3.63, 3.8) is 0 Å². The predicted octanol–water partition coefficient (Wildman–Crippen LogP) is 5.89. The first-order valence-corrected chi connectivity index (χ1v) is 10.9. The van der Waals surface area contributed by atoms with Crippen LogP contribution in [-0.2, 0) is 11.2 Å². The molecule has 3 heterocycles. The molecule has 0 unspecified atom stereocenters. The lowest BCUT2D eigenvalue weighted by molar-refractivity contribution is 0.206. The third kappa shape index (κ3) is 2.59. The van der Waals surface area contributed by atoms with E-state index in [9.17, 15) is 0 Å². The highest BCUT2D eigenvalue weighted by Gasteiger charge is 2.40. The molecule has 4 heteroatoms. The molecule has 3 aromatic carbocycles. The molecule has 2 aromatic heterocycles. The number of benzene rings is 3. The van der Waals surface area contributed by atoms with Gasteiger partial charge < -0.3 is 4.74 Å². The van der Waals surface area contributed by atoms with Gasteiger partial charge in [-0.3, -0.25) is 4.98 Å². The number of fused-ring (bicyclic) bond motifs is 6. The molecule has 5 aromatic rings. The molecule has 0 N–H and O–H groups in total.